The predicted molar refractivity (Wildman–Crippen MR) is 65.8 cm³/mol. The summed E-state index contributed by atoms with van der Waals surface area (Å²) >= 11 is 0. The topological polar surface area (TPSA) is 53.3 Å². The Bertz CT molecular complexity index is 420. The van der Waals surface area contributed by atoms with Crippen molar-refractivity contribution in [1.82, 2.24) is 0 Å². The van der Waals surface area contributed by atoms with Crippen LogP contribution < -0.4 is 9.64 Å². The van der Waals surface area contributed by atoms with E-state index < -0.39 is 5.92 Å². The molecule has 0 fully saturated rings. The Morgan fingerprint density at radius 3 is 2.47 bits per heavy atom. The number of hydrogen-bond donors (Lipinski definition) is 0. The van der Waals surface area contributed by atoms with Crippen LogP contribution in [0, 0.1) is 17.2 Å². The van der Waals surface area contributed by atoms with Crippen LogP contribution in [0.4, 0.5) is 5.69 Å². The van der Waals surface area contributed by atoms with Gasteiger partial charge in [-0.1, -0.05) is 6.92 Å². The van der Waals surface area contributed by atoms with Crippen molar-refractivity contribution in [2.75, 3.05) is 19.1 Å². The molecule has 0 spiro atoms. The van der Waals surface area contributed by atoms with Gasteiger partial charge in [-0.3, -0.25) is 4.79 Å². The van der Waals surface area contributed by atoms with E-state index in [9.17, 15) is 4.79 Å². The summed E-state index contributed by atoms with van der Waals surface area (Å²) in [6.07, 6.45) is 0.524. The number of hydrogen-bond acceptors (Lipinski definition) is 3. The van der Waals surface area contributed by atoms with Crippen LogP contribution in [0.3, 0.4) is 0 Å². The average molecular weight is 232 g/mol. The van der Waals surface area contributed by atoms with Gasteiger partial charge in [0, 0.05) is 12.7 Å². The molecule has 1 aromatic carbocycles. The maximum atomic E-state index is 11.9. The molecule has 0 heterocycles. The monoisotopic (exact) mass is 232 g/mol. The summed E-state index contributed by atoms with van der Waals surface area (Å²) in [5.41, 5.74) is 0.754. The minimum atomic E-state index is -0.581. The summed E-state index contributed by atoms with van der Waals surface area (Å²) in [6, 6.07) is 9.16. The number of carbonyl (C=O) groups excluding carboxylic acids is 1. The third kappa shape index (κ3) is 2.97. The first-order valence-electron chi connectivity index (χ1n) is 5.45. The van der Waals surface area contributed by atoms with Gasteiger partial charge in [0.1, 0.15) is 11.7 Å². The third-order valence-corrected chi connectivity index (χ3v) is 2.65. The fourth-order valence-corrected chi connectivity index (χ4v) is 1.49. The molecule has 0 aliphatic heterocycles. The van der Waals surface area contributed by atoms with Gasteiger partial charge in [0.15, 0.2) is 0 Å². The highest BCUT2D eigenvalue weighted by atomic mass is 16.5. The number of methoxy groups -OCH3 is 1. The van der Waals surface area contributed by atoms with E-state index in [2.05, 4.69) is 0 Å². The minimum Gasteiger partial charge on any atom is -0.497 e. The van der Waals surface area contributed by atoms with Crippen molar-refractivity contribution in [3.05, 3.63) is 24.3 Å². The van der Waals surface area contributed by atoms with E-state index in [4.69, 9.17) is 10.00 Å². The summed E-state index contributed by atoms with van der Waals surface area (Å²) in [6.45, 7) is 1.83. The van der Waals surface area contributed by atoms with Crippen molar-refractivity contribution < 1.29 is 9.53 Å². The number of ether oxygens (including phenoxy) is 1. The van der Waals surface area contributed by atoms with Crippen molar-refractivity contribution >= 4 is 11.6 Å². The number of rotatable bonds is 4. The first kappa shape index (κ1) is 13.0. The van der Waals surface area contributed by atoms with Crippen LogP contribution in [0.5, 0.6) is 5.75 Å². The Kier molecular flexibility index (Phi) is 4.53. The smallest absolute Gasteiger partial charge is 0.244 e. The number of nitriles is 1. The molecule has 4 heteroatoms. The molecule has 0 N–H and O–H groups in total. The Morgan fingerprint density at radius 1 is 1.47 bits per heavy atom. The van der Waals surface area contributed by atoms with Gasteiger partial charge in [-0.25, -0.2) is 0 Å². The minimum absolute atomic E-state index is 0.180. The van der Waals surface area contributed by atoms with E-state index in [-0.39, 0.29) is 5.91 Å². The molecule has 1 amide bonds. The quantitative estimate of drug-likeness (QED) is 0.799. The second-order valence-electron chi connectivity index (χ2n) is 3.69. The molecule has 0 radical (unpaired) electrons. The van der Waals surface area contributed by atoms with Crippen LogP contribution in [0.15, 0.2) is 24.3 Å². The zero-order chi connectivity index (χ0) is 12.8. The molecular formula is C13H16N2O2. The van der Waals surface area contributed by atoms with Crippen LogP contribution in [-0.4, -0.2) is 20.1 Å². The SMILES string of the molecule is CCC(C#N)C(=O)N(C)c1ccc(OC)cc1. The first-order chi connectivity index (χ1) is 8.13. The van der Waals surface area contributed by atoms with Gasteiger partial charge in [0.25, 0.3) is 0 Å². The molecular weight excluding hydrogens is 216 g/mol. The van der Waals surface area contributed by atoms with Crippen LogP contribution in [0.25, 0.3) is 0 Å². The normalized spacial score (nSPS) is 11.4. The van der Waals surface area contributed by atoms with E-state index >= 15 is 0 Å². The first-order valence-corrected chi connectivity index (χ1v) is 5.45. The highest BCUT2D eigenvalue weighted by Gasteiger charge is 2.20. The number of nitrogens with zero attached hydrogens (tertiary/aromatic N) is 2. The molecule has 1 aromatic rings. The lowest BCUT2D eigenvalue weighted by Crippen LogP contribution is -2.31. The van der Waals surface area contributed by atoms with Gasteiger partial charge in [-0.15, -0.1) is 0 Å². The number of anilines is 1. The molecule has 1 atom stereocenters. The molecule has 1 unspecified atom stereocenters. The standard InChI is InChI=1S/C13H16N2O2/c1-4-10(9-14)13(16)15(2)11-5-7-12(17-3)8-6-11/h5-8,10H,4H2,1-3H3. The van der Waals surface area contributed by atoms with Crippen molar-refractivity contribution in [2.45, 2.75) is 13.3 Å². The lowest BCUT2D eigenvalue weighted by atomic mass is 10.1. The molecule has 0 saturated carbocycles. The number of amides is 1. The summed E-state index contributed by atoms with van der Waals surface area (Å²) in [5, 5.41) is 8.86. The second-order valence-corrected chi connectivity index (χ2v) is 3.69. The van der Waals surface area contributed by atoms with Crippen molar-refractivity contribution in [3.63, 3.8) is 0 Å². The van der Waals surface area contributed by atoms with Crippen LogP contribution in [-0.2, 0) is 4.79 Å². The van der Waals surface area contributed by atoms with Gasteiger partial charge in [-0.05, 0) is 30.7 Å². The largest absolute Gasteiger partial charge is 0.497 e. The number of carbonyl (C=O) groups is 1. The molecule has 4 nitrogen and oxygen atoms in total. The number of benzene rings is 1. The zero-order valence-electron chi connectivity index (χ0n) is 10.3. The summed E-state index contributed by atoms with van der Waals surface area (Å²) in [7, 11) is 3.26. The Morgan fingerprint density at radius 2 is 2.06 bits per heavy atom. The van der Waals surface area contributed by atoms with E-state index in [1.165, 1.54) is 4.90 Å². The molecule has 0 aliphatic rings. The summed E-state index contributed by atoms with van der Waals surface area (Å²) in [5.74, 6) is -0.0239. The van der Waals surface area contributed by atoms with E-state index in [1.54, 1.807) is 38.4 Å². The van der Waals surface area contributed by atoms with Crippen LogP contribution in [0.2, 0.25) is 0 Å². The van der Waals surface area contributed by atoms with E-state index in [1.807, 2.05) is 13.0 Å². The van der Waals surface area contributed by atoms with Gasteiger partial charge in [0.05, 0.1) is 13.2 Å². The summed E-state index contributed by atoms with van der Waals surface area (Å²) in [4.78, 5) is 13.4. The fourth-order valence-electron chi connectivity index (χ4n) is 1.49. The average Bonchev–Trinajstić information content (AvgIpc) is 2.39. The van der Waals surface area contributed by atoms with Gasteiger partial charge in [-0.2, -0.15) is 5.26 Å². The molecule has 17 heavy (non-hydrogen) atoms. The zero-order valence-corrected chi connectivity index (χ0v) is 10.3. The van der Waals surface area contributed by atoms with Gasteiger partial charge in [0.2, 0.25) is 5.91 Å². The maximum Gasteiger partial charge on any atom is 0.244 e. The summed E-state index contributed by atoms with van der Waals surface area (Å²) < 4.78 is 5.04. The fraction of sp³-hybridized carbons (Fsp3) is 0.385. The van der Waals surface area contributed by atoms with Gasteiger partial charge < -0.3 is 9.64 Å². The van der Waals surface area contributed by atoms with Crippen LogP contribution in [0.1, 0.15) is 13.3 Å². The highest BCUT2D eigenvalue weighted by molar-refractivity contribution is 5.95. The molecule has 0 saturated heterocycles. The maximum absolute atomic E-state index is 11.9. The molecule has 0 aliphatic carbocycles. The van der Waals surface area contributed by atoms with Crippen molar-refractivity contribution in [3.8, 4) is 11.8 Å². The second kappa shape index (κ2) is 5.90. The predicted octanol–water partition coefficient (Wildman–Crippen LogP) is 2.21. The molecule has 1 rings (SSSR count). The van der Waals surface area contributed by atoms with Crippen molar-refractivity contribution in [2.24, 2.45) is 5.92 Å². The lowest BCUT2D eigenvalue weighted by molar-refractivity contribution is -0.120. The third-order valence-electron chi connectivity index (χ3n) is 2.65. The van der Waals surface area contributed by atoms with E-state index in [0.717, 1.165) is 11.4 Å². The lowest BCUT2D eigenvalue weighted by Gasteiger charge is -2.19. The van der Waals surface area contributed by atoms with E-state index in [0.29, 0.717) is 6.42 Å². The molecule has 0 aromatic heterocycles. The highest BCUT2D eigenvalue weighted by Crippen LogP contribution is 2.20. The Labute approximate surface area is 101 Å². The Balaban J connectivity index is 2.85. The molecule has 0 bridgehead atoms. The van der Waals surface area contributed by atoms with Crippen molar-refractivity contribution in [1.29, 1.82) is 5.26 Å². The van der Waals surface area contributed by atoms with Crippen LogP contribution >= 0.6 is 0 Å². The van der Waals surface area contributed by atoms with Gasteiger partial charge >= 0.3 is 0 Å². The Hall–Kier alpha value is -2.02. The molecule has 90 valence electrons.